The van der Waals surface area contributed by atoms with Crippen molar-refractivity contribution in [3.05, 3.63) is 23.9 Å². The molecule has 1 amide bonds. The Balaban J connectivity index is 2.77. The number of carbonyl (C=O) groups is 1. The number of nitrogens with zero attached hydrogens (tertiary/aromatic N) is 2. The van der Waals surface area contributed by atoms with E-state index in [1.54, 1.807) is 12.1 Å². The molecule has 0 atom stereocenters. The number of methoxy groups -OCH3 is 1. The van der Waals surface area contributed by atoms with Gasteiger partial charge in [-0.15, -0.1) is 0 Å². The number of hydrogen-bond acceptors (Lipinski definition) is 4. The molecular formula is C9H9N3O2. The Bertz CT molecular complexity index is 371. The number of nitriles is 1. The van der Waals surface area contributed by atoms with E-state index in [9.17, 15) is 4.79 Å². The summed E-state index contributed by atoms with van der Waals surface area (Å²) < 4.78 is 4.63. The van der Waals surface area contributed by atoms with Crippen molar-refractivity contribution in [1.29, 1.82) is 5.26 Å². The lowest BCUT2D eigenvalue weighted by atomic mass is 10.3. The summed E-state index contributed by atoms with van der Waals surface area (Å²) >= 11 is 0. The highest BCUT2D eigenvalue weighted by Crippen LogP contribution is 2.08. The molecule has 0 saturated heterocycles. The number of carbonyl (C=O) groups excluding carboxylic acids is 1. The number of hydrogen-bond donors (Lipinski definition) is 1. The Hall–Kier alpha value is -1.93. The van der Waals surface area contributed by atoms with Crippen LogP contribution in [-0.2, 0) is 9.53 Å². The molecule has 1 rings (SSSR count). The van der Waals surface area contributed by atoms with Crippen LogP contribution in [0.1, 0.15) is 5.56 Å². The van der Waals surface area contributed by atoms with Crippen LogP contribution in [-0.4, -0.2) is 24.6 Å². The van der Waals surface area contributed by atoms with Crippen LogP contribution in [0.5, 0.6) is 0 Å². The van der Waals surface area contributed by atoms with Gasteiger partial charge in [0.1, 0.15) is 12.7 Å². The number of ether oxygens (including phenoxy) is 1. The molecule has 0 saturated carbocycles. The molecule has 0 aliphatic carbocycles. The summed E-state index contributed by atoms with van der Waals surface area (Å²) in [5.74, 6) is -0.0697. The highest BCUT2D eigenvalue weighted by molar-refractivity contribution is 5.91. The van der Waals surface area contributed by atoms with Crippen LogP contribution in [0.2, 0.25) is 0 Å². The Labute approximate surface area is 81.3 Å². The molecule has 5 heteroatoms. The Morgan fingerprint density at radius 2 is 2.57 bits per heavy atom. The SMILES string of the molecule is COCC(=O)Nc1ncccc1C#N. The van der Waals surface area contributed by atoms with Crippen molar-refractivity contribution in [3.63, 3.8) is 0 Å². The Morgan fingerprint density at radius 3 is 3.21 bits per heavy atom. The molecule has 0 spiro atoms. The maximum Gasteiger partial charge on any atom is 0.251 e. The predicted octanol–water partition coefficient (Wildman–Crippen LogP) is 0.538. The second kappa shape index (κ2) is 4.94. The molecule has 14 heavy (non-hydrogen) atoms. The van der Waals surface area contributed by atoms with E-state index in [0.717, 1.165) is 0 Å². The minimum atomic E-state index is -0.331. The van der Waals surface area contributed by atoms with E-state index in [1.165, 1.54) is 13.3 Å². The summed E-state index contributed by atoms with van der Waals surface area (Å²) in [5.41, 5.74) is 0.331. The van der Waals surface area contributed by atoms with Gasteiger partial charge >= 0.3 is 0 Å². The lowest BCUT2D eigenvalue weighted by Crippen LogP contribution is -2.18. The number of aromatic nitrogens is 1. The van der Waals surface area contributed by atoms with Gasteiger partial charge < -0.3 is 10.1 Å². The largest absolute Gasteiger partial charge is 0.375 e. The predicted molar refractivity (Wildman–Crippen MR) is 49.5 cm³/mol. The molecule has 72 valence electrons. The van der Waals surface area contributed by atoms with E-state index in [2.05, 4.69) is 15.0 Å². The van der Waals surface area contributed by atoms with Crippen LogP contribution in [0.3, 0.4) is 0 Å². The van der Waals surface area contributed by atoms with Gasteiger partial charge in [0.25, 0.3) is 5.91 Å². The lowest BCUT2D eigenvalue weighted by molar-refractivity contribution is -0.119. The first-order valence-corrected chi connectivity index (χ1v) is 3.92. The molecular weight excluding hydrogens is 182 g/mol. The van der Waals surface area contributed by atoms with Crippen LogP contribution in [0.25, 0.3) is 0 Å². The van der Waals surface area contributed by atoms with Crippen LogP contribution in [0, 0.1) is 11.3 Å². The summed E-state index contributed by atoms with van der Waals surface area (Å²) in [5, 5.41) is 11.2. The quantitative estimate of drug-likeness (QED) is 0.756. The molecule has 1 aromatic rings. The van der Waals surface area contributed by atoms with Crippen molar-refractivity contribution in [2.24, 2.45) is 0 Å². The zero-order valence-corrected chi connectivity index (χ0v) is 7.65. The van der Waals surface area contributed by atoms with Crippen molar-refractivity contribution in [1.82, 2.24) is 4.98 Å². The average Bonchev–Trinajstić information content (AvgIpc) is 2.19. The first kappa shape index (κ1) is 10.2. The fourth-order valence-corrected chi connectivity index (χ4v) is 0.894. The van der Waals surface area contributed by atoms with Gasteiger partial charge in [-0.2, -0.15) is 5.26 Å². The maximum absolute atomic E-state index is 11.1. The van der Waals surface area contributed by atoms with E-state index in [1.807, 2.05) is 6.07 Å². The van der Waals surface area contributed by atoms with Crippen molar-refractivity contribution in [2.45, 2.75) is 0 Å². The third-order valence-electron chi connectivity index (χ3n) is 1.46. The van der Waals surface area contributed by atoms with E-state index < -0.39 is 0 Å². The minimum Gasteiger partial charge on any atom is -0.375 e. The third kappa shape index (κ3) is 2.54. The Morgan fingerprint density at radius 1 is 1.79 bits per heavy atom. The van der Waals surface area contributed by atoms with E-state index >= 15 is 0 Å². The number of nitrogens with one attached hydrogen (secondary N) is 1. The van der Waals surface area contributed by atoms with Gasteiger partial charge in [-0.1, -0.05) is 0 Å². The third-order valence-corrected chi connectivity index (χ3v) is 1.46. The van der Waals surface area contributed by atoms with Gasteiger partial charge in [0.2, 0.25) is 0 Å². The monoisotopic (exact) mass is 191 g/mol. The molecule has 5 nitrogen and oxygen atoms in total. The molecule has 0 radical (unpaired) electrons. The zero-order chi connectivity index (χ0) is 10.4. The van der Waals surface area contributed by atoms with Gasteiger partial charge in [-0.05, 0) is 12.1 Å². The molecule has 1 heterocycles. The normalized spacial score (nSPS) is 9.14. The van der Waals surface area contributed by atoms with E-state index in [-0.39, 0.29) is 18.3 Å². The van der Waals surface area contributed by atoms with Gasteiger partial charge in [-0.25, -0.2) is 4.98 Å². The summed E-state index contributed by atoms with van der Waals surface area (Å²) in [6.45, 7) is -0.0541. The number of pyridine rings is 1. The maximum atomic E-state index is 11.1. The Kier molecular flexibility index (Phi) is 3.58. The number of amides is 1. The smallest absolute Gasteiger partial charge is 0.251 e. The van der Waals surface area contributed by atoms with Crippen LogP contribution < -0.4 is 5.32 Å². The molecule has 1 aromatic heterocycles. The summed E-state index contributed by atoms with van der Waals surface area (Å²) in [6.07, 6.45) is 1.50. The van der Waals surface area contributed by atoms with Crippen LogP contribution >= 0.6 is 0 Å². The molecule has 0 bridgehead atoms. The molecule has 0 unspecified atom stereocenters. The number of rotatable bonds is 3. The highest BCUT2D eigenvalue weighted by Gasteiger charge is 2.06. The first-order valence-electron chi connectivity index (χ1n) is 3.92. The number of anilines is 1. The summed E-state index contributed by atoms with van der Waals surface area (Å²) in [6, 6.07) is 5.13. The van der Waals surface area contributed by atoms with Crippen molar-refractivity contribution in [2.75, 3.05) is 19.0 Å². The zero-order valence-electron chi connectivity index (χ0n) is 7.65. The van der Waals surface area contributed by atoms with Crippen LogP contribution in [0.4, 0.5) is 5.82 Å². The van der Waals surface area contributed by atoms with Gasteiger partial charge in [0.15, 0.2) is 5.82 Å². The van der Waals surface area contributed by atoms with Gasteiger partial charge in [-0.3, -0.25) is 4.79 Å². The fourth-order valence-electron chi connectivity index (χ4n) is 0.894. The van der Waals surface area contributed by atoms with Crippen molar-refractivity contribution in [3.8, 4) is 6.07 Å². The lowest BCUT2D eigenvalue weighted by Gasteiger charge is -2.03. The second-order valence-corrected chi connectivity index (χ2v) is 2.49. The molecule has 0 aliphatic heterocycles. The summed E-state index contributed by atoms with van der Waals surface area (Å²) in [7, 11) is 1.42. The van der Waals surface area contributed by atoms with E-state index in [0.29, 0.717) is 5.56 Å². The standard InChI is InChI=1S/C9H9N3O2/c1-14-6-8(13)12-9-7(5-10)3-2-4-11-9/h2-4H,6H2,1H3,(H,11,12,13). The first-order chi connectivity index (χ1) is 6.77. The second-order valence-electron chi connectivity index (χ2n) is 2.49. The topological polar surface area (TPSA) is 75.0 Å². The molecule has 0 fully saturated rings. The van der Waals surface area contributed by atoms with Crippen LogP contribution in [0.15, 0.2) is 18.3 Å². The van der Waals surface area contributed by atoms with Crippen molar-refractivity contribution < 1.29 is 9.53 Å². The molecule has 1 N–H and O–H groups in total. The fraction of sp³-hybridized carbons (Fsp3) is 0.222. The average molecular weight is 191 g/mol. The summed E-state index contributed by atoms with van der Waals surface area (Å²) in [4.78, 5) is 15.0. The molecule has 0 aliphatic rings. The van der Waals surface area contributed by atoms with Crippen molar-refractivity contribution >= 4 is 11.7 Å². The van der Waals surface area contributed by atoms with Gasteiger partial charge in [0, 0.05) is 13.3 Å². The minimum absolute atomic E-state index is 0.0541. The highest BCUT2D eigenvalue weighted by atomic mass is 16.5. The van der Waals surface area contributed by atoms with Gasteiger partial charge in [0.05, 0.1) is 5.56 Å². The molecule has 0 aromatic carbocycles. The van der Waals surface area contributed by atoms with E-state index in [4.69, 9.17) is 5.26 Å².